The molecule has 0 radical (unpaired) electrons. The molecule has 0 aromatic heterocycles. The molecule has 0 bridgehead atoms. The van der Waals surface area contributed by atoms with Crippen LogP contribution in [-0.4, -0.2) is 10.9 Å². The van der Waals surface area contributed by atoms with Gasteiger partial charge in [0.05, 0.1) is 0 Å². The van der Waals surface area contributed by atoms with E-state index in [-0.39, 0.29) is 5.60 Å². The molecule has 1 aliphatic carbocycles. The highest BCUT2D eigenvalue weighted by molar-refractivity contribution is 9.09. The third kappa shape index (κ3) is 2.54. The summed E-state index contributed by atoms with van der Waals surface area (Å²) in [5.74, 6) is 1.00. The first-order chi connectivity index (χ1) is 7.11. The maximum Gasteiger partial charge on any atom is 0.120 e. The van der Waals surface area contributed by atoms with Gasteiger partial charge in [0.1, 0.15) is 11.4 Å². The zero-order chi connectivity index (χ0) is 10.9. The number of ether oxygens (including phenoxy) is 1. The van der Waals surface area contributed by atoms with Gasteiger partial charge < -0.3 is 4.74 Å². The van der Waals surface area contributed by atoms with Crippen LogP contribution in [0.2, 0.25) is 0 Å². The average molecular weight is 269 g/mol. The van der Waals surface area contributed by atoms with Gasteiger partial charge in [0.15, 0.2) is 0 Å². The quantitative estimate of drug-likeness (QED) is 0.760. The maximum absolute atomic E-state index is 5.93. The van der Waals surface area contributed by atoms with E-state index in [1.54, 1.807) is 0 Å². The van der Waals surface area contributed by atoms with Gasteiger partial charge >= 0.3 is 0 Å². The lowest BCUT2D eigenvalue weighted by atomic mass is 10.1. The van der Waals surface area contributed by atoms with Gasteiger partial charge in [-0.05, 0) is 56.4 Å². The predicted octanol–water partition coefficient (Wildman–Crippen LogP) is 3.73. The van der Waals surface area contributed by atoms with Crippen molar-refractivity contribution < 1.29 is 4.74 Å². The second-order valence-corrected chi connectivity index (χ2v) is 5.34. The number of fused-ring (bicyclic) bond motifs is 1. The molecule has 1 aromatic carbocycles. The summed E-state index contributed by atoms with van der Waals surface area (Å²) in [4.78, 5) is 0. The molecule has 1 aliphatic rings. The molecule has 2 heteroatoms. The van der Waals surface area contributed by atoms with E-state index in [0.717, 1.165) is 11.1 Å². The topological polar surface area (TPSA) is 9.23 Å². The smallest absolute Gasteiger partial charge is 0.120 e. The lowest BCUT2D eigenvalue weighted by Crippen LogP contribution is -2.29. The lowest BCUT2D eigenvalue weighted by Gasteiger charge is -2.24. The molecule has 1 aromatic rings. The van der Waals surface area contributed by atoms with Gasteiger partial charge in [0.2, 0.25) is 0 Å². The molecule has 0 unspecified atom stereocenters. The minimum atomic E-state index is -0.132. The summed E-state index contributed by atoms with van der Waals surface area (Å²) in [6.07, 6.45) is 3.74. The van der Waals surface area contributed by atoms with Crippen LogP contribution in [0.4, 0.5) is 0 Å². The van der Waals surface area contributed by atoms with Gasteiger partial charge in [-0.15, -0.1) is 0 Å². The highest BCUT2D eigenvalue weighted by Crippen LogP contribution is 2.28. The third-order valence-electron chi connectivity index (χ3n) is 2.79. The largest absolute Gasteiger partial charge is 0.487 e. The Bertz CT molecular complexity index is 358. The molecule has 1 nitrogen and oxygen atoms in total. The highest BCUT2D eigenvalue weighted by atomic mass is 79.9. The van der Waals surface area contributed by atoms with Crippen molar-refractivity contribution in [2.45, 2.75) is 38.7 Å². The van der Waals surface area contributed by atoms with Crippen LogP contribution in [0.15, 0.2) is 18.2 Å². The van der Waals surface area contributed by atoms with Crippen molar-refractivity contribution in [3.8, 4) is 5.75 Å². The van der Waals surface area contributed by atoms with Gasteiger partial charge in [0, 0.05) is 5.33 Å². The number of hydrogen-bond acceptors (Lipinski definition) is 1. The van der Waals surface area contributed by atoms with E-state index >= 15 is 0 Å². The Labute approximate surface area is 100.0 Å². The third-order valence-corrected chi connectivity index (χ3v) is 4.14. The molecular weight excluding hydrogens is 252 g/mol. The molecule has 0 heterocycles. The van der Waals surface area contributed by atoms with E-state index in [1.807, 2.05) is 0 Å². The van der Waals surface area contributed by atoms with Crippen LogP contribution < -0.4 is 4.74 Å². The Kier molecular flexibility index (Phi) is 3.06. The van der Waals surface area contributed by atoms with Crippen LogP contribution in [0, 0.1) is 0 Å². The predicted molar refractivity (Wildman–Crippen MR) is 67.0 cm³/mol. The fourth-order valence-corrected chi connectivity index (χ4v) is 2.07. The molecule has 0 amide bonds. The zero-order valence-corrected chi connectivity index (χ0v) is 10.9. The molecule has 0 saturated heterocycles. The van der Waals surface area contributed by atoms with Crippen LogP contribution in [0.25, 0.3) is 0 Å². The zero-order valence-electron chi connectivity index (χ0n) is 9.35. The number of aryl methyl sites for hydroxylation is 2. The minimum Gasteiger partial charge on any atom is -0.487 e. The minimum absolute atomic E-state index is 0.132. The molecule has 2 rings (SSSR count). The van der Waals surface area contributed by atoms with E-state index < -0.39 is 0 Å². The summed E-state index contributed by atoms with van der Waals surface area (Å²) >= 11 is 3.47. The van der Waals surface area contributed by atoms with Crippen molar-refractivity contribution in [2.24, 2.45) is 0 Å². The van der Waals surface area contributed by atoms with Crippen molar-refractivity contribution in [2.75, 3.05) is 5.33 Å². The lowest BCUT2D eigenvalue weighted by molar-refractivity contribution is 0.137. The molecule has 15 heavy (non-hydrogen) atoms. The number of hydrogen-bond donors (Lipinski definition) is 0. The molecule has 82 valence electrons. The second kappa shape index (κ2) is 4.17. The van der Waals surface area contributed by atoms with Crippen LogP contribution in [0.3, 0.4) is 0 Å². The molecule has 0 N–H and O–H groups in total. The molecular formula is C13H17BrO. The SMILES string of the molecule is CC(C)(CBr)Oc1ccc2c(c1)CCC2. The van der Waals surface area contributed by atoms with Crippen LogP contribution >= 0.6 is 15.9 Å². The first kappa shape index (κ1) is 11.0. The van der Waals surface area contributed by atoms with Crippen molar-refractivity contribution in [3.63, 3.8) is 0 Å². The van der Waals surface area contributed by atoms with E-state index in [4.69, 9.17) is 4.74 Å². The summed E-state index contributed by atoms with van der Waals surface area (Å²) in [5, 5.41) is 0.844. The number of rotatable bonds is 3. The van der Waals surface area contributed by atoms with E-state index in [0.29, 0.717) is 0 Å². The van der Waals surface area contributed by atoms with Gasteiger partial charge in [-0.2, -0.15) is 0 Å². The van der Waals surface area contributed by atoms with E-state index in [2.05, 4.69) is 48.0 Å². The molecule has 0 aliphatic heterocycles. The Morgan fingerprint density at radius 2 is 2.00 bits per heavy atom. The van der Waals surface area contributed by atoms with Crippen LogP contribution in [-0.2, 0) is 12.8 Å². The number of benzene rings is 1. The maximum atomic E-state index is 5.93. The summed E-state index contributed by atoms with van der Waals surface area (Å²) in [5.41, 5.74) is 2.84. The standard InChI is InChI=1S/C13H17BrO/c1-13(2,9-14)15-12-7-6-10-4-3-5-11(10)8-12/h6-8H,3-5,9H2,1-2H3. The van der Waals surface area contributed by atoms with Gasteiger partial charge in [-0.3, -0.25) is 0 Å². The number of alkyl halides is 1. The summed E-state index contributed by atoms with van der Waals surface area (Å²) < 4.78 is 5.93. The van der Waals surface area contributed by atoms with Crippen molar-refractivity contribution in [3.05, 3.63) is 29.3 Å². The second-order valence-electron chi connectivity index (χ2n) is 4.78. The molecule has 0 spiro atoms. The van der Waals surface area contributed by atoms with Crippen LogP contribution in [0.5, 0.6) is 5.75 Å². The molecule has 0 atom stereocenters. The first-order valence-corrected chi connectivity index (χ1v) is 6.60. The Morgan fingerprint density at radius 1 is 1.27 bits per heavy atom. The number of halogens is 1. The van der Waals surface area contributed by atoms with E-state index in [1.165, 1.54) is 30.4 Å². The van der Waals surface area contributed by atoms with Crippen molar-refractivity contribution in [1.82, 2.24) is 0 Å². The highest BCUT2D eigenvalue weighted by Gasteiger charge is 2.19. The average Bonchev–Trinajstić information content (AvgIpc) is 2.64. The fourth-order valence-electron chi connectivity index (χ4n) is 1.96. The van der Waals surface area contributed by atoms with Gasteiger partial charge in [-0.1, -0.05) is 22.0 Å². The van der Waals surface area contributed by atoms with Crippen molar-refractivity contribution >= 4 is 15.9 Å². The van der Waals surface area contributed by atoms with Gasteiger partial charge in [-0.25, -0.2) is 0 Å². The fraction of sp³-hybridized carbons (Fsp3) is 0.538. The molecule has 0 saturated carbocycles. The monoisotopic (exact) mass is 268 g/mol. The first-order valence-electron chi connectivity index (χ1n) is 5.47. The van der Waals surface area contributed by atoms with Gasteiger partial charge in [0.25, 0.3) is 0 Å². The van der Waals surface area contributed by atoms with Crippen LogP contribution in [0.1, 0.15) is 31.4 Å². The Morgan fingerprint density at radius 3 is 2.73 bits per heavy atom. The summed E-state index contributed by atoms with van der Waals surface area (Å²) in [7, 11) is 0. The normalized spacial score (nSPS) is 15.1. The Hall–Kier alpha value is -0.500. The Balaban J connectivity index is 2.17. The van der Waals surface area contributed by atoms with Crippen molar-refractivity contribution in [1.29, 1.82) is 0 Å². The summed E-state index contributed by atoms with van der Waals surface area (Å²) in [6, 6.07) is 6.50. The summed E-state index contributed by atoms with van der Waals surface area (Å²) in [6.45, 7) is 4.18. The van der Waals surface area contributed by atoms with E-state index in [9.17, 15) is 0 Å². The molecule has 0 fully saturated rings.